The minimum Gasteiger partial charge on any atom is -0.454 e. The molecule has 0 saturated heterocycles. The van der Waals surface area contributed by atoms with Gasteiger partial charge in [-0.05, 0) is 30.7 Å². The van der Waals surface area contributed by atoms with Crippen molar-refractivity contribution in [3.05, 3.63) is 65.2 Å². The zero-order valence-corrected chi connectivity index (χ0v) is 15.6. The maximum atomic E-state index is 12.2. The van der Waals surface area contributed by atoms with E-state index < -0.39 is 0 Å². The van der Waals surface area contributed by atoms with Gasteiger partial charge in [-0.1, -0.05) is 18.2 Å². The lowest BCUT2D eigenvalue weighted by molar-refractivity contribution is -0.116. The number of thiazole rings is 1. The van der Waals surface area contributed by atoms with Crippen LogP contribution in [0.4, 0.5) is 10.8 Å². The molecule has 0 radical (unpaired) electrons. The summed E-state index contributed by atoms with van der Waals surface area (Å²) < 4.78 is 10.5. The Balaban J connectivity index is 1.28. The maximum absolute atomic E-state index is 12.2. The normalized spacial score (nSPS) is 11.9. The largest absolute Gasteiger partial charge is 0.454 e. The third kappa shape index (κ3) is 4.29. The van der Waals surface area contributed by atoms with Gasteiger partial charge in [-0.25, -0.2) is 4.98 Å². The number of nitrogens with zero attached hydrogens (tertiary/aromatic N) is 1. The molecule has 1 aliphatic rings. The molecule has 1 aliphatic heterocycles. The minimum atomic E-state index is -0.206. The Labute approximate surface area is 165 Å². The smallest absolute Gasteiger partial charge is 0.257 e. The van der Waals surface area contributed by atoms with Crippen molar-refractivity contribution in [2.24, 2.45) is 0 Å². The SMILES string of the molecule is O=C(CCc1csc(NC(=O)c2ccccc2)n1)Nc1ccc2c(c1)OCO2. The molecule has 0 aliphatic carbocycles. The van der Waals surface area contributed by atoms with Gasteiger partial charge in [0.25, 0.3) is 5.91 Å². The summed E-state index contributed by atoms with van der Waals surface area (Å²) in [5.41, 5.74) is 1.99. The summed E-state index contributed by atoms with van der Waals surface area (Å²) in [6.45, 7) is 0.194. The van der Waals surface area contributed by atoms with Crippen molar-refractivity contribution in [3.8, 4) is 11.5 Å². The van der Waals surface area contributed by atoms with Crippen molar-refractivity contribution in [3.63, 3.8) is 0 Å². The summed E-state index contributed by atoms with van der Waals surface area (Å²) in [4.78, 5) is 28.7. The van der Waals surface area contributed by atoms with E-state index in [1.807, 2.05) is 11.4 Å². The van der Waals surface area contributed by atoms with Crippen molar-refractivity contribution in [2.75, 3.05) is 17.4 Å². The summed E-state index contributed by atoms with van der Waals surface area (Å²) in [5, 5.41) is 7.96. The number of carbonyl (C=O) groups is 2. The second-order valence-corrected chi connectivity index (χ2v) is 6.94. The first-order valence-electron chi connectivity index (χ1n) is 8.68. The van der Waals surface area contributed by atoms with E-state index in [0.717, 1.165) is 5.69 Å². The summed E-state index contributed by atoms with van der Waals surface area (Å²) in [6, 6.07) is 14.2. The number of fused-ring (bicyclic) bond motifs is 1. The van der Waals surface area contributed by atoms with Gasteiger partial charge in [-0.3, -0.25) is 14.9 Å². The van der Waals surface area contributed by atoms with Crippen molar-refractivity contribution >= 4 is 34.0 Å². The summed E-state index contributed by atoms with van der Waals surface area (Å²) in [5.74, 6) is 0.963. The summed E-state index contributed by atoms with van der Waals surface area (Å²) >= 11 is 1.34. The summed E-state index contributed by atoms with van der Waals surface area (Å²) in [6.07, 6.45) is 0.762. The van der Waals surface area contributed by atoms with Gasteiger partial charge in [0.1, 0.15) is 0 Å². The Hall–Kier alpha value is -3.39. The average Bonchev–Trinajstić information content (AvgIpc) is 3.36. The number of benzene rings is 2. The Morgan fingerprint density at radius 2 is 1.86 bits per heavy atom. The number of aromatic nitrogens is 1. The molecule has 2 amide bonds. The lowest BCUT2D eigenvalue weighted by Crippen LogP contribution is -2.13. The van der Waals surface area contributed by atoms with Crippen LogP contribution in [0.25, 0.3) is 0 Å². The van der Waals surface area contributed by atoms with Crippen LogP contribution in [-0.2, 0) is 11.2 Å². The highest BCUT2D eigenvalue weighted by atomic mass is 32.1. The van der Waals surface area contributed by atoms with Crippen LogP contribution in [0.5, 0.6) is 11.5 Å². The first-order chi connectivity index (χ1) is 13.7. The third-order valence-electron chi connectivity index (χ3n) is 4.07. The zero-order chi connectivity index (χ0) is 19.3. The fourth-order valence-corrected chi connectivity index (χ4v) is 3.42. The molecule has 1 aromatic heterocycles. The predicted octanol–water partition coefficient (Wildman–Crippen LogP) is 3.70. The number of nitrogens with one attached hydrogen (secondary N) is 2. The second kappa shape index (κ2) is 8.10. The maximum Gasteiger partial charge on any atom is 0.257 e. The van der Waals surface area contributed by atoms with Crippen molar-refractivity contribution in [1.82, 2.24) is 4.98 Å². The zero-order valence-electron chi connectivity index (χ0n) is 14.8. The molecule has 0 atom stereocenters. The first kappa shape index (κ1) is 18.0. The molecule has 0 bridgehead atoms. The minimum absolute atomic E-state index is 0.123. The van der Waals surface area contributed by atoms with Gasteiger partial charge < -0.3 is 14.8 Å². The van der Waals surface area contributed by atoms with E-state index in [1.54, 1.807) is 42.5 Å². The Morgan fingerprint density at radius 1 is 1.04 bits per heavy atom. The van der Waals surface area contributed by atoms with E-state index in [-0.39, 0.29) is 25.0 Å². The van der Waals surface area contributed by atoms with Crippen molar-refractivity contribution in [1.29, 1.82) is 0 Å². The van der Waals surface area contributed by atoms with Crippen LogP contribution in [0, 0.1) is 0 Å². The lowest BCUT2D eigenvalue weighted by atomic mass is 10.2. The van der Waals surface area contributed by atoms with Crippen molar-refractivity contribution < 1.29 is 19.1 Å². The predicted molar refractivity (Wildman–Crippen MR) is 106 cm³/mol. The highest BCUT2D eigenvalue weighted by Gasteiger charge is 2.14. The molecule has 0 spiro atoms. The van der Waals surface area contributed by atoms with Crippen molar-refractivity contribution in [2.45, 2.75) is 12.8 Å². The Bertz CT molecular complexity index is 1000. The molecule has 8 heteroatoms. The van der Waals surface area contributed by atoms with E-state index in [0.29, 0.717) is 34.3 Å². The summed E-state index contributed by atoms with van der Waals surface area (Å²) in [7, 11) is 0. The van der Waals surface area contributed by atoms with Gasteiger partial charge in [-0.15, -0.1) is 11.3 Å². The molecular formula is C20H17N3O4S. The number of amides is 2. The average molecular weight is 395 g/mol. The van der Waals surface area contributed by atoms with Gasteiger partial charge in [0.2, 0.25) is 12.7 Å². The highest BCUT2D eigenvalue weighted by Crippen LogP contribution is 2.34. The first-order valence-corrected chi connectivity index (χ1v) is 9.56. The van der Waals surface area contributed by atoms with Crippen LogP contribution >= 0.6 is 11.3 Å². The van der Waals surface area contributed by atoms with Crippen LogP contribution < -0.4 is 20.1 Å². The van der Waals surface area contributed by atoms with Crippen LogP contribution in [0.1, 0.15) is 22.5 Å². The van der Waals surface area contributed by atoms with Gasteiger partial charge in [0, 0.05) is 29.1 Å². The standard InChI is InChI=1S/C20H17N3O4S/c24-18(21-14-6-8-16-17(10-14)27-12-26-16)9-7-15-11-28-20(22-15)23-19(25)13-4-2-1-3-5-13/h1-6,8,10-11H,7,9,12H2,(H,21,24)(H,22,23,25). The molecule has 7 nitrogen and oxygen atoms in total. The number of carbonyl (C=O) groups excluding carboxylic acids is 2. The molecule has 2 N–H and O–H groups in total. The number of hydrogen-bond donors (Lipinski definition) is 2. The molecule has 0 fully saturated rings. The van der Waals surface area contributed by atoms with Crippen LogP contribution in [0.3, 0.4) is 0 Å². The number of aryl methyl sites for hydroxylation is 1. The molecule has 0 saturated carbocycles. The van der Waals surface area contributed by atoms with E-state index in [4.69, 9.17) is 9.47 Å². The number of ether oxygens (including phenoxy) is 2. The topological polar surface area (TPSA) is 89.6 Å². The van der Waals surface area contributed by atoms with Crippen LogP contribution in [0.15, 0.2) is 53.9 Å². The van der Waals surface area contributed by atoms with E-state index >= 15 is 0 Å². The van der Waals surface area contributed by atoms with Gasteiger partial charge >= 0.3 is 0 Å². The third-order valence-corrected chi connectivity index (χ3v) is 4.88. The lowest BCUT2D eigenvalue weighted by Gasteiger charge is -2.05. The van der Waals surface area contributed by atoms with E-state index in [9.17, 15) is 9.59 Å². The number of hydrogen-bond acceptors (Lipinski definition) is 6. The van der Waals surface area contributed by atoms with Gasteiger partial charge in [0.05, 0.1) is 5.69 Å². The molecule has 4 rings (SSSR count). The Kier molecular flexibility index (Phi) is 5.20. The fourth-order valence-electron chi connectivity index (χ4n) is 2.68. The molecule has 28 heavy (non-hydrogen) atoms. The number of anilines is 2. The van der Waals surface area contributed by atoms with Crippen LogP contribution in [-0.4, -0.2) is 23.6 Å². The quantitative estimate of drug-likeness (QED) is 0.664. The van der Waals surface area contributed by atoms with E-state index in [2.05, 4.69) is 15.6 Å². The van der Waals surface area contributed by atoms with Crippen LogP contribution in [0.2, 0.25) is 0 Å². The molecule has 142 valence electrons. The molecule has 3 aromatic rings. The monoisotopic (exact) mass is 395 g/mol. The Morgan fingerprint density at radius 3 is 2.71 bits per heavy atom. The fraction of sp³-hybridized carbons (Fsp3) is 0.150. The molecule has 2 heterocycles. The van der Waals surface area contributed by atoms with Gasteiger partial charge in [0.15, 0.2) is 16.6 Å². The van der Waals surface area contributed by atoms with Gasteiger partial charge in [-0.2, -0.15) is 0 Å². The molecular weight excluding hydrogens is 378 g/mol. The number of rotatable bonds is 6. The van der Waals surface area contributed by atoms with E-state index in [1.165, 1.54) is 11.3 Å². The highest BCUT2D eigenvalue weighted by molar-refractivity contribution is 7.14. The molecule has 0 unspecified atom stereocenters. The second-order valence-electron chi connectivity index (χ2n) is 6.08. The molecule has 2 aromatic carbocycles.